The molecule has 4 nitrogen and oxygen atoms in total. The van der Waals surface area contributed by atoms with Gasteiger partial charge in [-0.1, -0.05) is 19.3 Å². The van der Waals surface area contributed by atoms with Gasteiger partial charge in [-0.05, 0) is 70.5 Å². The molecule has 1 aliphatic rings. The number of rotatable bonds is 5. The van der Waals surface area contributed by atoms with Gasteiger partial charge in [0, 0.05) is 34.7 Å². The fourth-order valence-electron chi connectivity index (χ4n) is 4.19. The summed E-state index contributed by atoms with van der Waals surface area (Å²) in [7, 11) is 4.26. The first-order chi connectivity index (χ1) is 12.0. The van der Waals surface area contributed by atoms with Crippen LogP contribution in [0.15, 0.2) is 18.2 Å². The molecule has 0 spiro atoms. The third-order valence-electron chi connectivity index (χ3n) is 5.90. The van der Waals surface area contributed by atoms with Gasteiger partial charge in [0.2, 0.25) is 0 Å². The first kappa shape index (κ1) is 18.0. The van der Waals surface area contributed by atoms with Crippen LogP contribution in [0.4, 0.5) is 0 Å². The van der Waals surface area contributed by atoms with Crippen LogP contribution in [0.25, 0.3) is 10.9 Å². The van der Waals surface area contributed by atoms with Gasteiger partial charge in [-0.3, -0.25) is 4.79 Å². The Kier molecular flexibility index (Phi) is 5.48. The number of nitrogens with zero attached hydrogens (tertiary/aromatic N) is 1. The minimum Gasteiger partial charge on any atom is -0.358 e. The van der Waals surface area contributed by atoms with Crippen LogP contribution < -0.4 is 5.32 Å². The summed E-state index contributed by atoms with van der Waals surface area (Å²) in [6, 6.07) is 6.35. The van der Waals surface area contributed by atoms with Gasteiger partial charge < -0.3 is 15.2 Å². The number of likely N-dealkylation sites (N-methyl/N-ethyl adjacent to an activating group) is 1. The van der Waals surface area contributed by atoms with Gasteiger partial charge in [0.25, 0.3) is 5.91 Å². The van der Waals surface area contributed by atoms with Crippen molar-refractivity contribution in [2.45, 2.75) is 52.0 Å². The highest BCUT2D eigenvalue weighted by atomic mass is 16.1. The molecule has 136 valence electrons. The smallest absolute Gasteiger partial charge is 0.251 e. The maximum absolute atomic E-state index is 12.7. The van der Waals surface area contributed by atoms with E-state index in [1.807, 2.05) is 18.2 Å². The zero-order valence-corrected chi connectivity index (χ0v) is 16.0. The van der Waals surface area contributed by atoms with Gasteiger partial charge in [-0.2, -0.15) is 0 Å². The van der Waals surface area contributed by atoms with E-state index in [1.54, 1.807) is 0 Å². The van der Waals surface area contributed by atoms with Gasteiger partial charge >= 0.3 is 0 Å². The maximum atomic E-state index is 12.7. The number of hydrogen-bond acceptors (Lipinski definition) is 2. The van der Waals surface area contributed by atoms with E-state index >= 15 is 0 Å². The molecule has 0 aliphatic heterocycles. The Bertz CT molecular complexity index is 741. The number of benzene rings is 1. The van der Waals surface area contributed by atoms with Crippen molar-refractivity contribution in [2.24, 2.45) is 5.92 Å². The standard InChI is InChI=1S/C21H31N3O/c1-14-15(2)23-19-11-10-17(12-18(14)19)21(25)22-13-20(24(3)4)16-8-6-5-7-9-16/h10-12,16,20,23H,5-9,13H2,1-4H3,(H,22,25). The number of carbonyl (C=O) groups excluding carboxylic acids is 1. The lowest BCUT2D eigenvalue weighted by Gasteiger charge is -2.35. The minimum absolute atomic E-state index is 0.0304. The van der Waals surface area contributed by atoms with E-state index in [1.165, 1.54) is 37.7 Å². The van der Waals surface area contributed by atoms with Crippen LogP contribution in [0, 0.1) is 19.8 Å². The van der Waals surface area contributed by atoms with E-state index in [0.29, 0.717) is 12.0 Å². The van der Waals surface area contributed by atoms with Crippen LogP contribution in [0.2, 0.25) is 0 Å². The van der Waals surface area contributed by atoms with Gasteiger partial charge in [-0.15, -0.1) is 0 Å². The second-order valence-electron chi connectivity index (χ2n) is 7.77. The Morgan fingerprint density at radius 2 is 1.96 bits per heavy atom. The summed E-state index contributed by atoms with van der Waals surface area (Å²) in [5, 5.41) is 4.32. The van der Waals surface area contributed by atoms with Crippen molar-refractivity contribution in [1.82, 2.24) is 15.2 Å². The van der Waals surface area contributed by atoms with Crippen molar-refractivity contribution in [3.63, 3.8) is 0 Å². The zero-order chi connectivity index (χ0) is 18.0. The van der Waals surface area contributed by atoms with Crippen LogP contribution in [0.3, 0.4) is 0 Å². The minimum atomic E-state index is 0.0304. The molecule has 1 amide bonds. The van der Waals surface area contributed by atoms with Crippen molar-refractivity contribution >= 4 is 16.8 Å². The molecule has 0 saturated heterocycles. The van der Waals surface area contributed by atoms with E-state index in [9.17, 15) is 4.79 Å². The topological polar surface area (TPSA) is 48.1 Å². The lowest BCUT2D eigenvalue weighted by Crippen LogP contribution is -2.45. The van der Waals surface area contributed by atoms with Crippen LogP contribution in [0.5, 0.6) is 0 Å². The summed E-state index contributed by atoms with van der Waals surface area (Å²) in [6.45, 7) is 4.89. The number of fused-ring (bicyclic) bond motifs is 1. The monoisotopic (exact) mass is 341 g/mol. The predicted octanol–water partition coefficient (Wildman–Crippen LogP) is 4.03. The average molecular weight is 341 g/mol. The molecule has 1 aliphatic carbocycles. The molecule has 1 fully saturated rings. The quantitative estimate of drug-likeness (QED) is 0.863. The van der Waals surface area contributed by atoms with Gasteiger partial charge in [0.05, 0.1) is 0 Å². The molecule has 1 aromatic carbocycles. The molecule has 3 rings (SSSR count). The third-order valence-corrected chi connectivity index (χ3v) is 5.90. The number of aromatic amines is 1. The van der Waals surface area contributed by atoms with E-state index in [4.69, 9.17) is 0 Å². The summed E-state index contributed by atoms with van der Waals surface area (Å²) in [5.41, 5.74) is 4.23. The van der Waals surface area contributed by atoms with Gasteiger partial charge in [0.15, 0.2) is 0 Å². The highest BCUT2D eigenvalue weighted by Gasteiger charge is 2.25. The van der Waals surface area contributed by atoms with Crippen LogP contribution in [-0.2, 0) is 0 Å². The average Bonchev–Trinajstić information content (AvgIpc) is 2.89. The molecule has 1 atom stereocenters. The SMILES string of the molecule is Cc1[nH]c2ccc(C(=O)NCC(C3CCCCC3)N(C)C)cc2c1C. The lowest BCUT2D eigenvalue weighted by atomic mass is 9.83. The van der Waals surface area contributed by atoms with E-state index in [0.717, 1.165) is 28.7 Å². The largest absolute Gasteiger partial charge is 0.358 e. The number of aromatic nitrogens is 1. The molecule has 1 aromatic heterocycles. The Morgan fingerprint density at radius 3 is 2.64 bits per heavy atom. The van der Waals surface area contributed by atoms with Crippen molar-refractivity contribution in [1.29, 1.82) is 0 Å². The Balaban J connectivity index is 1.69. The molecule has 0 radical (unpaired) electrons. The molecular formula is C21H31N3O. The van der Waals surface area contributed by atoms with Crippen molar-refractivity contribution in [3.8, 4) is 0 Å². The highest BCUT2D eigenvalue weighted by Crippen LogP contribution is 2.28. The Morgan fingerprint density at radius 1 is 1.24 bits per heavy atom. The molecule has 1 saturated carbocycles. The van der Waals surface area contributed by atoms with Crippen LogP contribution >= 0.6 is 0 Å². The summed E-state index contributed by atoms with van der Waals surface area (Å²) in [6.07, 6.45) is 6.58. The summed E-state index contributed by atoms with van der Waals surface area (Å²) >= 11 is 0. The molecule has 25 heavy (non-hydrogen) atoms. The normalized spacial score (nSPS) is 17.2. The van der Waals surface area contributed by atoms with Crippen LogP contribution in [-0.4, -0.2) is 42.5 Å². The third kappa shape index (κ3) is 3.90. The fourth-order valence-corrected chi connectivity index (χ4v) is 4.19. The first-order valence-electron chi connectivity index (χ1n) is 9.51. The molecule has 2 N–H and O–H groups in total. The summed E-state index contributed by atoms with van der Waals surface area (Å²) in [5.74, 6) is 0.726. The molecule has 4 heteroatoms. The zero-order valence-electron chi connectivity index (χ0n) is 16.0. The summed E-state index contributed by atoms with van der Waals surface area (Å²) < 4.78 is 0. The second-order valence-corrected chi connectivity index (χ2v) is 7.77. The molecule has 2 aromatic rings. The molecular weight excluding hydrogens is 310 g/mol. The van der Waals surface area contributed by atoms with Crippen molar-refractivity contribution in [3.05, 3.63) is 35.0 Å². The number of amides is 1. The molecule has 1 heterocycles. The number of hydrogen-bond donors (Lipinski definition) is 2. The number of carbonyl (C=O) groups is 1. The number of H-pyrrole nitrogens is 1. The van der Waals surface area contributed by atoms with Crippen LogP contribution in [0.1, 0.15) is 53.7 Å². The Labute approximate surface area is 151 Å². The first-order valence-corrected chi connectivity index (χ1v) is 9.51. The summed E-state index contributed by atoms with van der Waals surface area (Å²) in [4.78, 5) is 18.3. The number of nitrogens with one attached hydrogen (secondary N) is 2. The van der Waals surface area contributed by atoms with Gasteiger partial charge in [0.1, 0.15) is 0 Å². The van der Waals surface area contributed by atoms with E-state index in [2.05, 4.69) is 43.1 Å². The highest BCUT2D eigenvalue weighted by molar-refractivity contribution is 5.99. The predicted molar refractivity (Wildman–Crippen MR) is 104 cm³/mol. The molecule has 0 bridgehead atoms. The molecule has 1 unspecified atom stereocenters. The lowest BCUT2D eigenvalue weighted by molar-refractivity contribution is 0.0922. The van der Waals surface area contributed by atoms with E-state index < -0.39 is 0 Å². The fraction of sp³-hybridized carbons (Fsp3) is 0.571. The van der Waals surface area contributed by atoms with E-state index in [-0.39, 0.29) is 5.91 Å². The van der Waals surface area contributed by atoms with Crippen molar-refractivity contribution < 1.29 is 4.79 Å². The Hall–Kier alpha value is -1.81. The van der Waals surface area contributed by atoms with Crippen molar-refractivity contribution in [2.75, 3.05) is 20.6 Å². The van der Waals surface area contributed by atoms with Gasteiger partial charge in [-0.25, -0.2) is 0 Å². The number of aryl methyl sites for hydroxylation is 2. The second kappa shape index (κ2) is 7.61. The maximum Gasteiger partial charge on any atom is 0.251 e.